The molecule has 0 unspecified atom stereocenters. The van der Waals surface area contributed by atoms with Gasteiger partial charge in [0.15, 0.2) is 0 Å². The molecule has 14 heavy (non-hydrogen) atoms. The first-order chi connectivity index (χ1) is 6.57. The third-order valence-corrected chi connectivity index (χ3v) is 2.62. The smallest absolute Gasteiger partial charge is 0.121 e. The van der Waals surface area contributed by atoms with Gasteiger partial charge in [-0.25, -0.2) is 0 Å². The van der Waals surface area contributed by atoms with Gasteiger partial charge in [-0.3, -0.25) is 0 Å². The van der Waals surface area contributed by atoms with Crippen LogP contribution >= 0.6 is 0 Å². The summed E-state index contributed by atoms with van der Waals surface area (Å²) >= 11 is 0. The van der Waals surface area contributed by atoms with Crippen molar-refractivity contribution in [2.24, 2.45) is 0 Å². The lowest BCUT2D eigenvalue weighted by molar-refractivity contribution is 0.446. The maximum Gasteiger partial charge on any atom is 0.121 e. The summed E-state index contributed by atoms with van der Waals surface area (Å²) in [5.74, 6) is 0.625. The summed E-state index contributed by atoms with van der Waals surface area (Å²) in [6.07, 6.45) is 2.96. The maximum atomic E-state index is 9.71. The number of phenols is 2. The predicted octanol–water partition coefficient (Wildman–Crippen LogP) is 3.06. The molecule has 78 valence electrons. The molecular weight excluding hydrogens is 176 g/mol. The van der Waals surface area contributed by atoms with Crippen LogP contribution in [0.5, 0.6) is 11.5 Å². The summed E-state index contributed by atoms with van der Waals surface area (Å²) in [7, 11) is 0. The van der Waals surface area contributed by atoms with Crippen molar-refractivity contribution in [2.75, 3.05) is 0 Å². The second-order valence-electron chi connectivity index (χ2n) is 3.77. The fourth-order valence-corrected chi connectivity index (χ4v) is 1.66. The standard InChI is InChI=1S/C12H18O2/c1-4-5-6-10-9(3)12(14)8(2)7-11(10)13/h7,13-14H,4-6H2,1-3H3. The Hall–Kier alpha value is -1.18. The fraction of sp³-hybridized carbons (Fsp3) is 0.500. The van der Waals surface area contributed by atoms with Crippen molar-refractivity contribution in [1.82, 2.24) is 0 Å². The summed E-state index contributed by atoms with van der Waals surface area (Å²) in [6.45, 7) is 5.76. The number of rotatable bonds is 3. The van der Waals surface area contributed by atoms with Crippen LogP contribution in [-0.2, 0) is 6.42 Å². The quantitative estimate of drug-likeness (QED) is 0.726. The zero-order valence-corrected chi connectivity index (χ0v) is 9.09. The minimum Gasteiger partial charge on any atom is -0.508 e. The van der Waals surface area contributed by atoms with Gasteiger partial charge in [0, 0.05) is 5.56 Å². The van der Waals surface area contributed by atoms with Crippen LogP contribution in [0.3, 0.4) is 0 Å². The van der Waals surface area contributed by atoms with E-state index >= 15 is 0 Å². The molecular formula is C12H18O2. The molecule has 0 fully saturated rings. The van der Waals surface area contributed by atoms with Crippen LogP contribution in [-0.4, -0.2) is 10.2 Å². The lowest BCUT2D eigenvalue weighted by atomic mass is 9.98. The molecule has 1 aromatic rings. The first-order valence-corrected chi connectivity index (χ1v) is 5.09. The maximum absolute atomic E-state index is 9.71. The zero-order chi connectivity index (χ0) is 10.7. The van der Waals surface area contributed by atoms with Crippen molar-refractivity contribution in [2.45, 2.75) is 40.0 Å². The predicted molar refractivity (Wildman–Crippen MR) is 57.9 cm³/mol. The van der Waals surface area contributed by atoms with Crippen LogP contribution in [0.25, 0.3) is 0 Å². The monoisotopic (exact) mass is 194 g/mol. The van der Waals surface area contributed by atoms with E-state index in [-0.39, 0.29) is 0 Å². The molecule has 0 bridgehead atoms. The second-order valence-corrected chi connectivity index (χ2v) is 3.77. The molecule has 0 aliphatic rings. The number of phenolic OH excluding ortho intramolecular Hbond substituents is 2. The lowest BCUT2D eigenvalue weighted by Crippen LogP contribution is -1.93. The molecule has 0 spiro atoms. The normalized spacial score (nSPS) is 10.5. The summed E-state index contributed by atoms with van der Waals surface area (Å²) in [5, 5.41) is 19.4. The van der Waals surface area contributed by atoms with E-state index in [1.807, 2.05) is 6.92 Å². The van der Waals surface area contributed by atoms with Gasteiger partial charge < -0.3 is 10.2 Å². The van der Waals surface area contributed by atoms with Crippen molar-refractivity contribution in [3.8, 4) is 11.5 Å². The third-order valence-electron chi connectivity index (χ3n) is 2.62. The van der Waals surface area contributed by atoms with Gasteiger partial charge >= 0.3 is 0 Å². The first-order valence-electron chi connectivity index (χ1n) is 5.09. The van der Waals surface area contributed by atoms with Crippen LogP contribution in [0, 0.1) is 13.8 Å². The highest BCUT2D eigenvalue weighted by Crippen LogP contribution is 2.32. The summed E-state index contributed by atoms with van der Waals surface area (Å²) in [5.41, 5.74) is 2.44. The molecule has 1 rings (SSSR count). The topological polar surface area (TPSA) is 40.5 Å². The van der Waals surface area contributed by atoms with Gasteiger partial charge in [-0.2, -0.15) is 0 Å². The average molecular weight is 194 g/mol. The molecule has 0 saturated heterocycles. The number of aryl methyl sites for hydroxylation is 1. The van der Waals surface area contributed by atoms with Gasteiger partial charge in [-0.05, 0) is 43.9 Å². The van der Waals surface area contributed by atoms with Gasteiger partial charge in [-0.1, -0.05) is 13.3 Å². The minimum absolute atomic E-state index is 0.311. The van der Waals surface area contributed by atoms with Crippen molar-refractivity contribution in [3.05, 3.63) is 22.8 Å². The molecule has 0 aromatic heterocycles. The highest BCUT2D eigenvalue weighted by Gasteiger charge is 2.10. The van der Waals surface area contributed by atoms with E-state index in [1.54, 1.807) is 13.0 Å². The van der Waals surface area contributed by atoms with Crippen molar-refractivity contribution in [3.63, 3.8) is 0 Å². The van der Waals surface area contributed by atoms with Crippen LogP contribution < -0.4 is 0 Å². The Balaban J connectivity index is 3.09. The molecule has 0 radical (unpaired) electrons. The average Bonchev–Trinajstić information content (AvgIpc) is 2.14. The Labute approximate surface area is 85.2 Å². The summed E-state index contributed by atoms with van der Waals surface area (Å²) in [6, 6.07) is 1.63. The Bertz CT molecular complexity index is 330. The Morgan fingerprint density at radius 1 is 1.21 bits per heavy atom. The lowest BCUT2D eigenvalue weighted by Gasteiger charge is -2.11. The van der Waals surface area contributed by atoms with E-state index in [0.717, 1.165) is 36.0 Å². The Morgan fingerprint density at radius 2 is 1.86 bits per heavy atom. The van der Waals surface area contributed by atoms with Crippen molar-refractivity contribution in [1.29, 1.82) is 0 Å². The van der Waals surface area contributed by atoms with E-state index in [1.165, 1.54) is 0 Å². The van der Waals surface area contributed by atoms with Gasteiger partial charge in [0.2, 0.25) is 0 Å². The van der Waals surface area contributed by atoms with E-state index < -0.39 is 0 Å². The SMILES string of the molecule is CCCCc1c(O)cc(C)c(O)c1C. The highest BCUT2D eigenvalue weighted by molar-refractivity contribution is 5.51. The van der Waals surface area contributed by atoms with Gasteiger partial charge in [0.1, 0.15) is 11.5 Å². The van der Waals surface area contributed by atoms with E-state index in [9.17, 15) is 10.2 Å². The van der Waals surface area contributed by atoms with Crippen molar-refractivity contribution >= 4 is 0 Å². The van der Waals surface area contributed by atoms with E-state index in [4.69, 9.17) is 0 Å². The molecule has 2 N–H and O–H groups in total. The van der Waals surface area contributed by atoms with Gasteiger partial charge in [0.05, 0.1) is 0 Å². The minimum atomic E-state index is 0.311. The van der Waals surface area contributed by atoms with E-state index in [0.29, 0.717) is 11.5 Å². The number of hydrogen-bond acceptors (Lipinski definition) is 2. The molecule has 0 atom stereocenters. The molecule has 0 aliphatic heterocycles. The molecule has 2 heteroatoms. The summed E-state index contributed by atoms with van der Waals surface area (Å²) in [4.78, 5) is 0. The zero-order valence-electron chi connectivity index (χ0n) is 9.09. The largest absolute Gasteiger partial charge is 0.508 e. The number of unbranched alkanes of at least 4 members (excludes halogenated alkanes) is 1. The molecule has 0 amide bonds. The molecule has 0 saturated carbocycles. The first kappa shape index (κ1) is 10.9. The Kier molecular flexibility index (Phi) is 3.39. The third kappa shape index (κ3) is 2.00. The number of benzene rings is 1. The van der Waals surface area contributed by atoms with Crippen LogP contribution in [0.2, 0.25) is 0 Å². The van der Waals surface area contributed by atoms with Gasteiger partial charge in [-0.15, -0.1) is 0 Å². The molecule has 2 nitrogen and oxygen atoms in total. The Morgan fingerprint density at radius 3 is 2.43 bits per heavy atom. The fourth-order valence-electron chi connectivity index (χ4n) is 1.66. The molecule has 1 aromatic carbocycles. The van der Waals surface area contributed by atoms with Crippen molar-refractivity contribution < 1.29 is 10.2 Å². The summed E-state index contributed by atoms with van der Waals surface area (Å²) < 4.78 is 0. The van der Waals surface area contributed by atoms with Crippen LogP contribution in [0.4, 0.5) is 0 Å². The van der Waals surface area contributed by atoms with Gasteiger partial charge in [0.25, 0.3) is 0 Å². The molecule has 0 heterocycles. The number of aromatic hydroxyl groups is 2. The van der Waals surface area contributed by atoms with Crippen LogP contribution in [0.1, 0.15) is 36.5 Å². The van der Waals surface area contributed by atoms with Crippen LogP contribution in [0.15, 0.2) is 6.07 Å². The number of hydrogen-bond donors (Lipinski definition) is 2. The molecule has 0 aliphatic carbocycles. The van der Waals surface area contributed by atoms with E-state index in [2.05, 4.69) is 6.92 Å². The second kappa shape index (κ2) is 4.36. The highest BCUT2D eigenvalue weighted by atomic mass is 16.3.